The lowest BCUT2D eigenvalue weighted by Gasteiger charge is -2.13. The van der Waals surface area contributed by atoms with E-state index in [4.69, 9.17) is 0 Å². The van der Waals surface area contributed by atoms with Crippen LogP contribution in [0.3, 0.4) is 0 Å². The van der Waals surface area contributed by atoms with E-state index in [1.54, 1.807) is 11.1 Å². The highest BCUT2D eigenvalue weighted by molar-refractivity contribution is 5.87. The molecule has 0 fully saturated rings. The van der Waals surface area contributed by atoms with Crippen molar-refractivity contribution >= 4 is 10.8 Å². The Bertz CT molecular complexity index is 537. The average molecular weight is 254 g/mol. The summed E-state index contributed by atoms with van der Waals surface area (Å²) in [4.78, 5) is 0. The van der Waals surface area contributed by atoms with E-state index in [0.717, 1.165) is 0 Å². The predicted molar refractivity (Wildman–Crippen MR) is 85.9 cm³/mol. The molecular formula is C19H26. The Balaban J connectivity index is 2.55. The average Bonchev–Trinajstić information content (AvgIpc) is 2.41. The van der Waals surface area contributed by atoms with Gasteiger partial charge in [0, 0.05) is 0 Å². The van der Waals surface area contributed by atoms with Gasteiger partial charge in [-0.2, -0.15) is 0 Å². The number of fused-ring (bicyclic) bond motifs is 1. The van der Waals surface area contributed by atoms with Crippen LogP contribution in [0.1, 0.15) is 56.7 Å². The van der Waals surface area contributed by atoms with E-state index in [9.17, 15) is 0 Å². The molecule has 0 nitrogen and oxygen atoms in total. The minimum absolute atomic E-state index is 1.19. The first-order valence-corrected chi connectivity index (χ1v) is 7.83. The number of rotatable bonds is 6. The fourth-order valence-electron chi connectivity index (χ4n) is 2.97. The van der Waals surface area contributed by atoms with Crippen LogP contribution in [0.4, 0.5) is 0 Å². The summed E-state index contributed by atoms with van der Waals surface area (Å²) in [5.41, 5.74) is 4.64. The second-order valence-corrected chi connectivity index (χ2v) is 5.51. The molecule has 0 spiro atoms. The highest BCUT2D eigenvalue weighted by Gasteiger charge is 2.07. The molecule has 0 aliphatic rings. The highest BCUT2D eigenvalue weighted by atomic mass is 14.1. The summed E-state index contributed by atoms with van der Waals surface area (Å²) in [6, 6.07) is 11.7. The van der Waals surface area contributed by atoms with Gasteiger partial charge in [-0.25, -0.2) is 0 Å². The largest absolute Gasteiger partial charge is 0.0651 e. The zero-order chi connectivity index (χ0) is 13.7. The quantitative estimate of drug-likeness (QED) is 0.620. The Morgan fingerprint density at radius 2 is 1.26 bits per heavy atom. The van der Waals surface area contributed by atoms with Gasteiger partial charge in [-0.05, 0) is 46.7 Å². The Hall–Kier alpha value is -1.30. The molecule has 0 heterocycles. The van der Waals surface area contributed by atoms with Crippen molar-refractivity contribution in [2.75, 3.05) is 0 Å². The van der Waals surface area contributed by atoms with Crippen LogP contribution < -0.4 is 0 Å². The molecule has 0 aromatic heterocycles. The lowest BCUT2D eigenvalue weighted by atomic mass is 9.92. The van der Waals surface area contributed by atoms with Gasteiger partial charge in [-0.1, -0.05) is 70.4 Å². The maximum absolute atomic E-state index is 2.47. The first-order chi connectivity index (χ1) is 9.30. The SMILES string of the molecule is CCCc1cc2cccc(CCC)c2cc1CCC. The smallest absolute Gasteiger partial charge is 0.0149 e. The molecule has 0 aliphatic heterocycles. The molecule has 0 aliphatic carbocycles. The molecule has 0 saturated carbocycles. The summed E-state index contributed by atoms with van der Waals surface area (Å²) in [5, 5.41) is 2.90. The Morgan fingerprint density at radius 3 is 1.89 bits per heavy atom. The predicted octanol–water partition coefficient (Wildman–Crippen LogP) is 5.70. The summed E-state index contributed by atoms with van der Waals surface area (Å²) in [5.74, 6) is 0. The van der Waals surface area contributed by atoms with E-state index in [0.29, 0.717) is 0 Å². The minimum atomic E-state index is 1.19. The summed E-state index contributed by atoms with van der Waals surface area (Å²) in [6.45, 7) is 6.81. The molecule has 0 radical (unpaired) electrons. The third-order valence-electron chi connectivity index (χ3n) is 3.85. The van der Waals surface area contributed by atoms with Gasteiger partial charge in [0.1, 0.15) is 0 Å². The van der Waals surface area contributed by atoms with Gasteiger partial charge in [0.25, 0.3) is 0 Å². The number of aryl methyl sites for hydroxylation is 3. The van der Waals surface area contributed by atoms with Crippen LogP contribution in [0.15, 0.2) is 30.3 Å². The van der Waals surface area contributed by atoms with E-state index in [-0.39, 0.29) is 0 Å². The highest BCUT2D eigenvalue weighted by Crippen LogP contribution is 2.26. The summed E-state index contributed by atoms with van der Waals surface area (Å²) in [6.07, 6.45) is 7.30. The van der Waals surface area contributed by atoms with Gasteiger partial charge in [-0.15, -0.1) is 0 Å². The van der Waals surface area contributed by atoms with Gasteiger partial charge in [-0.3, -0.25) is 0 Å². The van der Waals surface area contributed by atoms with Crippen molar-refractivity contribution < 1.29 is 0 Å². The van der Waals surface area contributed by atoms with Crippen molar-refractivity contribution in [2.45, 2.75) is 59.3 Å². The summed E-state index contributed by atoms with van der Waals surface area (Å²) >= 11 is 0. The fourth-order valence-corrected chi connectivity index (χ4v) is 2.97. The van der Waals surface area contributed by atoms with E-state index in [1.165, 1.54) is 54.9 Å². The second kappa shape index (κ2) is 6.75. The fraction of sp³-hybridized carbons (Fsp3) is 0.474. The van der Waals surface area contributed by atoms with Gasteiger partial charge in [0.05, 0.1) is 0 Å². The zero-order valence-electron chi connectivity index (χ0n) is 12.6. The molecule has 19 heavy (non-hydrogen) atoms. The van der Waals surface area contributed by atoms with Crippen LogP contribution in [-0.2, 0) is 19.3 Å². The van der Waals surface area contributed by atoms with Gasteiger partial charge < -0.3 is 0 Å². The molecule has 0 bridgehead atoms. The lowest BCUT2D eigenvalue weighted by molar-refractivity contribution is 0.863. The molecule has 0 amide bonds. The molecule has 2 aromatic rings. The van der Waals surface area contributed by atoms with Crippen molar-refractivity contribution in [1.29, 1.82) is 0 Å². The molecule has 2 rings (SSSR count). The topological polar surface area (TPSA) is 0 Å². The van der Waals surface area contributed by atoms with Crippen LogP contribution in [0.2, 0.25) is 0 Å². The Kier molecular flexibility index (Phi) is 5.01. The van der Waals surface area contributed by atoms with Crippen LogP contribution >= 0.6 is 0 Å². The number of hydrogen-bond acceptors (Lipinski definition) is 0. The molecule has 102 valence electrons. The first kappa shape index (κ1) is 14.1. The van der Waals surface area contributed by atoms with Gasteiger partial charge in [0.2, 0.25) is 0 Å². The molecule has 0 saturated heterocycles. The van der Waals surface area contributed by atoms with Crippen molar-refractivity contribution in [2.24, 2.45) is 0 Å². The van der Waals surface area contributed by atoms with E-state index in [1.807, 2.05) is 0 Å². The molecule has 2 aromatic carbocycles. The first-order valence-electron chi connectivity index (χ1n) is 7.83. The molecule has 0 N–H and O–H groups in total. The molecule has 0 atom stereocenters. The van der Waals surface area contributed by atoms with Crippen molar-refractivity contribution in [1.82, 2.24) is 0 Å². The van der Waals surface area contributed by atoms with Crippen LogP contribution in [0.5, 0.6) is 0 Å². The molecule has 0 heteroatoms. The van der Waals surface area contributed by atoms with Gasteiger partial charge >= 0.3 is 0 Å². The van der Waals surface area contributed by atoms with Crippen molar-refractivity contribution in [3.63, 3.8) is 0 Å². The summed E-state index contributed by atoms with van der Waals surface area (Å²) < 4.78 is 0. The van der Waals surface area contributed by atoms with Crippen LogP contribution in [0.25, 0.3) is 10.8 Å². The normalized spacial score (nSPS) is 11.1. The third kappa shape index (κ3) is 3.18. The molecular weight excluding hydrogens is 228 g/mol. The van der Waals surface area contributed by atoms with Crippen molar-refractivity contribution in [3.8, 4) is 0 Å². The monoisotopic (exact) mass is 254 g/mol. The standard InChI is InChI=1S/C19H26/c1-4-8-15-11-7-12-18-13-16(9-5-2)17(10-6-3)14-19(15)18/h7,11-14H,4-6,8-10H2,1-3H3. The van der Waals surface area contributed by atoms with Crippen molar-refractivity contribution in [3.05, 3.63) is 47.0 Å². The number of hydrogen-bond donors (Lipinski definition) is 0. The molecule has 0 unspecified atom stereocenters. The number of benzene rings is 2. The van der Waals surface area contributed by atoms with E-state index < -0.39 is 0 Å². The maximum Gasteiger partial charge on any atom is -0.0149 e. The van der Waals surface area contributed by atoms with E-state index >= 15 is 0 Å². The second-order valence-electron chi connectivity index (χ2n) is 5.51. The Morgan fingerprint density at radius 1 is 0.684 bits per heavy atom. The Labute approximate surface area is 117 Å². The lowest BCUT2D eigenvalue weighted by Crippen LogP contribution is -1.96. The maximum atomic E-state index is 2.47. The summed E-state index contributed by atoms with van der Waals surface area (Å²) in [7, 11) is 0. The van der Waals surface area contributed by atoms with Crippen LogP contribution in [-0.4, -0.2) is 0 Å². The third-order valence-corrected chi connectivity index (χ3v) is 3.85. The zero-order valence-corrected chi connectivity index (χ0v) is 12.6. The van der Waals surface area contributed by atoms with E-state index in [2.05, 4.69) is 51.1 Å². The minimum Gasteiger partial charge on any atom is -0.0651 e. The van der Waals surface area contributed by atoms with Crippen LogP contribution in [0, 0.1) is 0 Å². The van der Waals surface area contributed by atoms with Gasteiger partial charge in [0.15, 0.2) is 0 Å².